The van der Waals surface area contributed by atoms with Gasteiger partial charge in [0.2, 0.25) is 5.91 Å². The number of urea groups is 1. The summed E-state index contributed by atoms with van der Waals surface area (Å²) >= 11 is 7.55. The fourth-order valence-electron chi connectivity index (χ4n) is 3.63. The molecule has 1 aliphatic heterocycles. The topological polar surface area (TPSA) is 85.0 Å². The molecule has 35 heavy (non-hydrogen) atoms. The lowest BCUT2D eigenvalue weighted by Gasteiger charge is -2.23. The minimum atomic E-state index is -0.477. The van der Waals surface area contributed by atoms with E-state index in [0.717, 1.165) is 11.4 Å². The first kappa shape index (κ1) is 27.0. The summed E-state index contributed by atoms with van der Waals surface area (Å²) < 4.78 is 0. The van der Waals surface area contributed by atoms with Crippen molar-refractivity contribution in [1.29, 1.82) is 0 Å². The van der Waals surface area contributed by atoms with Crippen LogP contribution >= 0.6 is 22.9 Å². The Balaban J connectivity index is 1.79. The van der Waals surface area contributed by atoms with Gasteiger partial charge in [-0.2, -0.15) is 0 Å². The Morgan fingerprint density at radius 3 is 2.49 bits per heavy atom. The van der Waals surface area contributed by atoms with Crippen molar-refractivity contribution in [3.05, 3.63) is 45.8 Å². The lowest BCUT2D eigenvalue weighted by atomic mass is 9.94. The fourth-order valence-corrected chi connectivity index (χ4v) is 4.91. The number of benzene rings is 1. The van der Waals surface area contributed by atoms with Gasteiger partial charge in [0, 0.05) is 44.0 Å². The molecule has 0 aliphatic carbocycles. The van der Waals surface area contributed by atoms with Gasteiger partial charge in [0.05, 0.1) is 16.3 Å². The van der Waals surface area contributed by atoms with Crippen LogP contribution in [0.5, 0.6) is 0 Å². The van der Waals surface area contributed by atoms with Crippen LogP contribution in [0.3, 0.4) is 0 Å². The summed E-state index contributed by atoms with van der Waals surface area (Å²) in [7, 11) is 3.94. The minimum Gasteiger partial charge on any atom is -0.340 e. The molecule has 10 heteroatoms. The van der Waals surface area contributed by atoms with Crippen LogP contribution in [0, 0.1) is 0 Å². The number of hydrogen-bond donors (Lipinski definition) is 2. The van der Waals surface area contributed by atoms with Gasteiger partial charge in [-0.1, -0.05) is 44.5 Å². The molecule has 0 radical (unpaired) electrons. The highest BCUT2D eigenvalue weighted by atomic mass is 35.5. The van der Waals surface area contributed by atoms with Gasteiger partial charge in [-0.3, -0.25) is 14.9 Å². The highest BCUT2D eigenvalue weighted by molar-refractivity contribution is 7.16. The van der Waals surface area contributed by atoms with Crippen molar-refractivity contribution in [3.8, 4) is 0 Å². The largest absolute Gasteiger partial charge is 0.340 e. The minimum absolute atomic E-state index is 0.0558. The van der Waals surface area contributed by atoms with Crippen molar-refractivity contribution in [2.45, 2.75) is 32.6 Å². The normalized spacial score (nSPS) is 14.8. The predicted octanol–water partition coefficient (Wildman–Crippen LogP) is 4.58. The first-order valence-corrected chi connectivity index (χ1v) is 12.8. The molecular weight excluding hydrogens is 486 g/mol. The Morgan fingerprint density at radius 1 is 1.11 bits per heavy atom. The summed E-state index contributed by atoms with van der Waals surface area (Å²) in [6.07, 6.45) is 0.283. The van der Waals surface area contributed by atoms with Crippen molar-refractivity contribution < 1.29 is 14.4 Å². The Hall–Kier alpha value is -2.62. The van der Waals surface area contributed by atoms with Crippen LogP contribution in [0.25, 0.3) is 0 Å². The van der Waals surface area contributed by atoms with Gasteiger partial charge in [-0.05, 0) is 37.7 Å². The molecule has 8 nitrogen and oxygen atoms in total. The zero-order chi connectivity index (χ0) is 25.8. The van der Waals surface area contributed by atoms with Crippen LogP contribution in [0.1, 0.15) is 42.4 Å². The van der Waals surface area contributed by atoms with Gasteiger partial charge in [-0.15, -0.1) is 11.3 Å². The van der Waals surface area contributed by atoms with E-state index in [-0.39, 0.29) is 23.7 Å². The number of rotatable bonds is 6. The average Bonchev–Trinajstić information content (AvgIpc) is 3.11. The standard InChI is InChI=1S/C25H34ClN5O3S/c1-25(2,3)20-16-17(22(35-20)28-24(34)27-19-9-7-6-8-18(19)26)23(33)31-11-10-21(32)30(14-15-31)13-12-29(4)5/h6-9,16H,10-15H2,1-5H3,(H2,27,28,34). The number of anilines is 2. The van der Waals surface area contributed by atoms with Crippen molar-refractivity contribution in [1.82, 2.24) is 14.7 Å². The molecule has 0 saturated carbocycles. The molecule has 1 aromatic heterocycles. The van der Waals surface area contributed by atoms with E-state index in [1.165, 1.54) is 11.3 Å². The van der Waals surface area contributed by atoms with Gasteiger partial charge in [0.1, 0.15) is 5.00 Å². The SMILES string of the molecule is CN(C)CCN1CCN(C(=O)c2cc(C(C)(C)C)sc2NC(=O)Nc2ccccc2Cl)CCC1=O. The predicted molar refractivity (Wildman–Crippen MR) is 143 cm³/mol. The lowest BCUT2D eigenvalue weighted by Crippen LogP contribution is -2.39. The van der Waals surface area contributed by atoms with Crippen LogP contribution in [0.15, 0.2) is 30.3 Å². The van der Waals surface area contributed by atoms with E-state index in [2.05, 4.69) is 31.4 Å². The molecule has 1 fully saturated rings. The van der Waals surface area contributed by atoms with E-state index < -0.39 is 6.03 Å². The van der Waals surface area contributed by atoms with Crippen LogP contribution in [0.4, 0.5) is 15.5 Å². The second-order valence-electron chi connectivity index (χ2n) is 9.89. The number of thiophene rings is 1. The molecule has 0 bridgehead atoms. The van der Waals surface area contributed by atoms with Crippen LogP contribution < -0.4 is 10.6 Å². The Kier molecular flexibility index (Phi) is 8.79. The summed E-state index contributed by atoms with van der Waals surface area (Å²) in [4.78, 5) is 45.5. The van der Waals surface area contributed by atoms with Gasteiger partial charge in [-0.25, -0.2) is 4.79 Å². The molecule has 2 aromatic rings. The van der Waals surface area contributed by atoms with Crippen molar-refractivity contribution in [3.63, 3.8) is 0 Å². The van der Waals surface area contributed by atoms with Crippen LogP contribution in [0.2, 0.25) is 5.02 Å². The number of nitrogens with one attached hydrogen (secondary N) is 2. The molecule has 0 spiro atoms. The number of carbonyl (C=O) groups is 3. The highest BCUT2D eigenvalue weighted by Gasteiger charge is 2.29. The number of amides is 4. The Bertz CT molecular complexity index is 1080. The van der Waals surface area contributed by atoms with E-state index in [4.69, 9.17) is 11.6 Å². The monoisotopic (exact) mass is 519 g/mol. The maximum Gasteiger partial charge on any atom is 0.324 e. The number of carbonyl (C=O) groups excluding carboxylic acids is 3. The van der Waals surface area contributed by atoms with Crippen molar-refractivity contribution >= 4 is 51.5 Å². The summed E-state index contributed by atoms with van der Waals surface area (Å²) in [6, 6.07) is 8.34. The molecular formula is C25H34ClN5O3S. The summed E-state index contributed by atoms with van der Waals surface area (Å²) in [6.45, 7) is 8.88. The summed E-state index contributed by atoms with van der Waals surface area (Å²) in [5, 5.41) is 6.49. The van der Waals surface area contributed by atoms with E-state index >= 15 is 0 Å². The highest BCUT2D eigenvalue weighted by Crippen LogP contribution is 2.37. The molecule has 1 aromatic carbocycles. The smallest absolute Gasteiger partial charge is 0.324 e. The molecule has 2 heterocycles. The third kappa shape index (κ3) is 7.19. The second-order valence-corrected chi connectivity index (χ2v) is 11.3. The van der Waals surface area contributed by atoms with Gasteiger partial charge in [0.25, 0.3) is 5.91 Å². The molecule has 0 atom stereocenters. The first-order chi connectivity index (χ1) is 16.5. The number of para-hydroxylation sites is 1. The number of likely N-dealkylation sites (N-methyl/N-ethyl adjacent to an activating group) is 1. The van der Waals surface area contributed by atoms with Gasteiger partial charge < -0.3 is 20.0 Å². The zero-order valence-corrected chi connectivity index (χ0v) is 22.6. The lowest BCUT2D eigenvalue weighted by molar-refractivity contribution is -0.130. The van der Waals surface area contributed by atoms with Crippen LogP contribution in [-0.2, 0) is 10.2 Å². The molecule has 1 aliphatic rings. The van der Waals surface area contributed by atoms with Crippen molar-refractivity contribution in [2.24, 2.45) is 0 Å². The third-order valence-electron chi connectivity index (χ3n) is 5.74. The van der Waals surface area contributed by atoms with Gasteiger partial charge >= 0.3 is 6.03 Å². The zero-order valence-electron chi connectivity index (χ0n) is 21.0. The second kappa shape index (κ2) is 11.4. The number of nitrogens with zero attached hydrogens (tertiary/aromatic N) is 3. The van der Waals surface area contributed by atoms with Gasteiger partial charge in [0.15, 0.2) is 0 Å². The summed E-state index contributed by atoms with van der Waals surface area (Å²) in [5.41, 5.74) is 0.718. The quantitative estimate of drug-likeness (QED) is 0.585. The first-order valence-electron chi connectivity index (χ1n) is 11.6. The summed E-state index contributed by atoms with van der Waals surface area (Å²) in [5.74, 6) is -0.132. The molecule has 4 amide bonds. The fraction of sp³-hybridized carbons (Fsp3) is 0.480. The molecule has 2 N–H and O–H groups in total. The Labute approximate surface area is 216 Å². The number of halogens is 1. The maximum atomic E-state index is 13.6. The number of hydrogen-bond acceptors (Lipinski definition) is 5. The van der Waals surface area contributed by atoms with E-state index in [0.29, 0.717) is 47.5 Å². The maximum absolute atomic E-state index is 13.6. The van der Waals surface area contributed by atoms with E-state index in [9.17, 15) is 14.4 Å². The molecule has 0 unspecified atom stereocenters. The van der Waals surface area contributed by atoms with E-state index in [1.807, 2.05) is 30.0 Å². The third-order valence-corrected chi connectivity index (χ3v) is 7.55. The molecule has 1 saturated heterocycles. The molecule has 3 rings (SSSR count). The van der Waals surface area contributed by atoms with E-state index in [1.54, 1.807) is 29.2 Å². The average molecular weight is 520 g/mol. The molecule has 190 valence electrons. The Morgan fingerprint density at radius 2 is 1.83 bits per heavy atom. The van der Waals surface area contributed by atoms with Crippen molar-refractivity contribution in [2.75, 3.05) is 57.5 Å². The van der Waals surface area contributed by atoms with Crippen LogP contribution in [-0.4, -0.2) is 79.4 Å².